The number of hydrogen-bond donors (Lipinski definition) is 0. The van der Waals surface area contributed by atoms with Crippen LogP contribution in [0.25, 0.3) is 5.69 Å². The minimum absolute atomic E-state index is 0.313. The van der Waals surface area contributed by atoms with Gasteiger partial charge in [-0.1, -0.05) is 54.2 Å². The summed E-state index contributed by atoms with van der Waals surface area (Å²) in [7, 11) is 0. The number of carbonyl (C=O) groups excluding carboxylic acids is 1. The first-order valence-electron chi connectivity index (χ1n) is 7.14. The average Bonchev–Trinajstić information content (AvgIpc) is 2.79. The highest BCUT2D eigenvalue weighted by Gasteiger charge is 2.36. The number of rotatable bonds is 3. The maximum absolute atomic E-state index is 10.8. The molecule has 2 heterocycles. The fourth-order valence-corrected chi connectivity index (χ4v) is 4.14. The molecule has 4 heteroatoms. The van der Waals surface area contributed by atoms with Gasteiger partial charge in [0.2, 0.25) is 0 Å². The van der Waals surface area contributed by atoms with Gasteiger partial charge < -0.3 is 0 Å². The maximum atomic E-state index is 10.8. The molecule has 1 aromatic heterocycles. The van der Waals surface area contributed by atoms with Gasteiger partial charge in [0.1, 0.15) is 11.3 Å². The summed E-state index contributed by atoms with van der Waals surface area (Å²) in [6.45, 7) is 2.06. The third-order valence-electron chi connectivity index (χ3n) is 3.93. The van der Waals surface area contributed by atoms with E-state index in [2.05, 4.69) is 19.1 Å². The second kappa shape index (κ2) is 5.14. The standard InChI is InChI=1S/C18H14N2OS/c1-12-16-17(14-9-7-13(11-21)8-10-14)22-18(16)20(19-12)15-5-3-2-4-6-15/h2-11,17H,1H3/t17-/m1/s1. The Bertz CT molecular complexity index is 838. The van der Waals surface area contributed by atoms with Gasteiger partial charge >= 0.3 is 0 Å². The van der Waals surface area contributed by atoms with Crippen LogP contribution in [0.2, 0.25) is 0 Å². The first-order valence-corrected chi connectivity index (χ1v) is 8.02. The molecule has 22 heavy (non-hydrogen) atoms. The summed E-state index contributed by atoms with van der Waals surface area (Å²) in [6.07, 6.45) is 0.877. The van der Waals surface area contributed by atoms with E-state index in [9.17, 15) is 4.79 Å². The molecule has 3 nitrogen and oxygen atoms in total. The molecule has 1 atom stereocenters. The van der Waals surface area contributed by atoms with Crippen LogP contribution in [0, 0.1) is 6.92 Å². The van der Waals surface area contributed by atoms with Gasteiger partial charge in [0.25, 0.3) is 0 Å². The molecule has 108 valence electrons. The Balaban J connectivity index is 1.72. The van der Waals surface area contributed by atoms with Gasteiger partial charge in [0.05, 0.1) is 16.6 Å². The summed E-state index contributed by atoms with van der Waals surface area (Å²) in [4.78, 5) is 10.8. The Morgan fingerprint density at radius 2 is 1.82 bits per heavy atom. The summed E-state index contributed by atoms with van der Waals surface area (Å²) in [6, 6.07) is 18.0. The topological polar surface area (TPSA) is 34.9 Å². The van der Waals surface area contributed by atoms with Crippen molar-refractivity contribution >= 4 is 18.0 Å². The summed E-state index contributed by atoms with van der Waals surface area (Å²) >= 11 is 1.82. The minimum atomic E-state index is 0.313. The molecule has 2 aromatic carbocycles. The Morgan fingerprint density at radius 3 is 2.50 bits per heavy atom. The van der Waals surface area contributed by atoms with Crippen molar-refractivity contribution in [2.75, 3.05) is 0 Å². The Hall–Kier alpha value is -2.33. The van der Waals surface area contributed by atoms with Crippen molar-refractivity contribution in [3.8, 4) is 5.69 Å². The third-order valence-corrected chi connectivity index (χ3v) is 5.29. The predicted octanol–water partition coefficient (Wildman–Crippen LogP) is 4.19. The number of carbonyl (C=O) groups is 1. The van der Waals surface area contributed by atoms with Crippen LogP contribution >= 0.6 is 11.8 Å². The zero-order valence-corrected chi connectivity index (χ0v) is 12.9. The molecule has 4 rings (SSSR count). The van der Waals surface area contributed by atoms with Gasteiger partial charge in [-0.3, -0.25) is 4.79 Å². The monoisotopic (exact) mass is 306 g/mol. The lowest BCUT2D eigenvalue weighted by atomic mass is 10.0. The Labute approximate surface area is 133 Å². The molecule has 0 saturated carbocycles. The van der Waals surface area contributed by atoms with Gasteiger partial charge in [-0.25, -0.2) is 4.68 Å². The number of benzene rings is 2. The van der Waals surface area contributed by atoms with Crippen molar-refractivity contribution in [1.29, 1.82) is 0 Å². The van der Waals surface area contributed by atoms with Gasteiger partial charge in [-0.15, -0.1) is 0 Å². The fourth-order valence-electron chi connectivity index (χ4n) is 2.77. The quantitative estimate of drug-likeness (QED) is 0.681. The number of aromatic nitrogens is 2. The molecule has 1 aliphatic heterocycles. The van der Waals surface area contributed by atoms with Crippen molar-refractivity contribution in [1.82, 2.24) is 9.78 Å². The largest absolute Gasteiger partial charge is 0.298 e. The molecule has 0 bridgehead atoms. The second-order valence-electron chi connectivity index (χ2n) is 5.33. The number of aldehydes is 1. The van der Waals surface area contributed by atoms with Crippen molar-refractivity contribution < 1.29 is 4.79 Å². The summed E-state index contributed by atoms with van der Waals surface area (Å²) < 4.78 is 2.02. The lowest BCUT2D eigenvalue weighted by molar-refractivity contribution is 0.112. The van der Waals surface area contributed by atoms with Gasteiger partial charge in [0, 0.05) is 11.1 Å². The van der Waals surface area contributed by atoms with Crippen LogP contribution in [0.5, 0.6) is 0 Å². The van der Waals surface area contributed by atoms with Gasteiger partial charge in [-0.2, -0.15) is 5.10 Å². The van der Waals surface area contributed by atoms with Crippen molar-refractivity contribution in [3.05, 3.63) is 77.0 Å². The highest BCUT2D eigenvalue weighted by molar-refractivity contribution is 8.01. The van der Waals surface area contributed by atoms with Crippen molar-refractivity contribution in [2.45, 2.75) is 17.2 Å². The summed E-state index contributed by atoms with van der Waals surface area (Å²) in [5.41, 5.74) is 5.40. The van der Waals surface area contributed by atoms with E-state index in [1.807, 2.05) is 58.9 Å². The lowest BCUT2D eigenvalue weighted by Crippen LogP contribution is -2.10. The van der Waals surface area contributed by atoms with Crippen LogP contribution in [-0.2, 0) is 0 Å². The zero-order valence-electron chi connectivity index (χ0n) is 12.1. The van der Waals surface area contributed by atoms with Crippen LogP contribution in [0.3, 0.4) is 0 Å². The Morgan fingerprint density at radius 1 is 1.09 bits per heavy atom. The molecule has 1 aliphatic rings. The van der Waals surface area contributed by atoms with E-state index in [1.54, 1.807) is 0 Å². The molecule has 3 aromatic rings. The average molecular weight is 306 g/mol. The molecule has 0 saturated heterocycles. The summed E-state index contributed by atoms with van der Waals surface area (Å²) in [5.74, 6) is 0. The van der Waals surface area contributed by atoms with Gasteiger partial charge in [0.15, 0.2) is 0 Å². The van der Waals surface area contributed by atoms with Crippen LogP contribution < -0.4 is 0 Å². The number of fused-ring (bicyclic) bond motifs is 1. The molecule has 0 fully saturated rings. The molecule has 0 amide bonds. The van der Waals surface area contributed by atoms with E-state index >= 15 is 0 Å². The van der Waals surface area contributed by atoms with E-state index in [0.29, 0.717) is 10.8 Å². The van der Waals surface area contributed by atoms with Crippen LogP contribution in [-0.4, -0.2) is 16.1 Å². The number of thioether (sulfide) groups is 1. The first kappa shape index (κ1) is 13.3. The SMILES string of the molecule is Cc1nn(-c2ccccc2)c2c1[C@@H](c1ccc(C=O)cc1)S2. The first-order chi connectivity index (χ1) is 10.8. The predicted molar refractivity (Wildman–Crippen MR) is 87.8 cm³/mol. The normalized spacial score (nSPS) is 16.0. The molecular formula is C18H14N2OS. The van der Waals surface area contributed by atoms with E-state index in [0.717, 1.165) is 17.7 Å². The smallest absolute Gasteiger partial charge is 0.150 e. The van der Waals surface area contributed by atoms with Gasteiger partial charge in [-0.05, 0) is 24.6 Å². The minimum Gasteiger partial charge on any atom is -0.298 e. The number of nitrogens with zero attached hydrogens (tertiary/aromatic N) is 2. The number of para-hydroxylation sites is 1. The van der Waals surface area contributed by atoms with Crippen LogP contribution in [0.1, 0.15) is 32.4 Å². The van der Waals surface area contributed by atoms with Crippen LogP contribution in [0.15, 0.2) is 59.6 Å². The molecule has 0 N–H and O–H groups in total. The molecular weight excluding hydrogens is 292 g/mol. The maximum Gasteiger partial charge on any atom is 0.150 e. The number of aryl methyl sites for hydroxylation is 1. The fraction of sp³-hybridized carbons (Fsp3) is 0.111. The van der Waals surface area contributed by atoms with Crippen molar-refractivity contribution in [2.24, 2.45) is 0 Å². The zero-order chi connectivity index (χ0) is 15.1. The third kappa shape index (κ3) is 1.99. The molecule has 0 radical (unpaired) electrons. The molecule has 0 unspecified atom stereocenters. The Kier molecular flexibility index (Phi) is 3.12. The van der Waals surface area contributed by atoms with Crippen LogP contribution in [0.4, 0.5) is 0 Å². The van der Waals surface area contributed by atoms with Crippen molar-refractivity contribution in [3.63, 3.8) is 0 Å². The molecule has 0 aliphatic carbocycles. The van der Waals surface area contributed by atoms with E-state index in [4.69, 9.17) is 5.10 Å². The second-order valence-corrected chi connectivity index (χ2v) is 6.43. The highest BCUT2D eigenvalue weighted by atomic mass is 32.2. The lowest BCUT2D eigenvalue weighted by Gasteiger charge is -2.27. The van der Waals surface area contributed by atoms with E-state index < -0.39 is 0 Å². The van der Waals surface area contributed by atoms with E-state index in [1.165, 1.54) is 16.2 Å². The molecule has 0 spiro atoms. The van der Waals surface area contributed by atoms with E-state index in [-0.39, 0.29) is 0 Å². The highest BCUT2D eigenvalue weighted by Crippen LogP contribution is 2.55. The summed E-state index contributed by atoms with van der Waals surface area (Å²) in [5, 5.41) is 6.22. The number of hydrogen-bond acceptors (Lipinski definition) is 3.